The Labute approximate surface area is 128 Å². The molecule has 1 aliphatic rings. The fourth-order valence-corrected chi connectivity index (χ4v) is 2.79. The minimum atomic E-state index is -2.66. The van der Waals surface area contributed by atoms with Crippen LogP contribution in [0, 0.1) is 0 Å². The zero-order chi connectivity index (χ0) is 16.5. The highest BCUT2D eigenvalue weighted by molar-refractivity contribution is 5.36. The van der Waals surface area contributed by atoms with Crippen LogP contribution in [0.3, 0.4) is 0 Å². The lowest BCUT2D eigenvalue weighted by molar-refractivity contribution is -0.0223. The molecule has 0 aliphatic carbocycles. The van der Waals surface area contributed by atoms with Gasteiger partial charge >= 0.3 is 0 Å². The van der Waals surface area contributed by atoms with Crippen molar-refractivity contribution in [1.82, 2.24) is 9.55 Å². The van der Waals surface area contributed by atoms with Crippen LogP contribution in [0.4, 0.5) is 19.1 Å². The number of aromatic nitrogens is 2. The van der Waals surface area contributed by atoms with Crippen LogP contribution in [0.25, 0.3) is 0 Å². The minimum absolute atomic E-state index is 0.0657. The second-order valence-corrected chi connectivity index (χ2v) is 5.88. The summed E-state index contributed by atoms with van der Waals surface area (Å²) in [5, 5.41) is 0. The first kappa shape index (κ1) is 16.8. The monoisotopic (exact) mass is 317 g/mol. The third kappa shape index (κ3) is 3.44. The van der Waals surface area contributed by atoms with E-state index < -0.39 is 12.1 Å². The Balaban J connectivity index is 2.40. The molecular weight excluding hydrogens is 295 g/mol. The number of hydrogen-bond acceptors (Lipinski definition) is 3. The number of rotatable bonds is 4. The summed E-state index contributed by atoms with van der Waals surface area (Å²) in [6.45, 7) is 3.53. The van der Waals surface area contributed by atoms with Gasteiger partial charge in [-0.1, -0.05) is 6.92 Å². The van der Waals surface area contributed by atoms with Gasteiger partial charge in [0.2, 0.25) is 5.95 Å². The average Bonchev–Trinajstić information content (AvgIpc) is 2.43. The molecule has 4 nitrogen and oxygen atoms in total. The first-order valence-electron chi connectivity index (χ1n) is 7.60. The lowest BCUT2D eigenvalue weighted by Gasteiger charge is -2.33. The number of halogens is 3. The van der Waals surface area contributed by atoms with E-state index >= 15 is 0 Å². The lowest BCUT2D eigenvalue weighted by Crippen LogP contribution is -2.43. The predicted molar refractivity (Wildman–Crippen MR) is 79.5 cm³/mol. The summed E-state index contributed by atoms with van der Waals surface area (Å²) in [4.78, 5) is 18.5. The van der Waals surface area contributed by atoms with Crippen molar-refractivity contribution in [2.24, 2.45) is 7.05 Å². The summed E-state index contributed by atoms with van der Waals surface area (Å²) in [7, 11) is 1.58. The van der Waals surface area contributed by atoms with E-state index in [1.807, 2.05) is 6.92 Å². The molecule has 124 valence electrons. The van der Waals surface area contributed by atoms with Gasteiger partial charge in [-0.3, -0.25) is 9.36 Å². The lowest BCUT2D eigenvalue weighted by atomic mass is 10.1. The largest absolute Gasteiger partial charge is 0.342 e. The number of nitrogens with zero attached hydrogens (tertiary/aromatic N) is 3. The van der Waals surface area contributed by atoms with Crippen molar-refractivity contribution < 1.29 is 13.2 Å². The summed E-state index contributed by atoms with van der Waals surface area (Å²) < 4.78 is 41.3. The Kier molecular flexibility index (Phi) is 4.82. The van der Waals surface area contributed by atoms with Gasteiger partial charge in [0, 0.05) is 45.0 Å². The SMILES string of the molecule is CCc1c(CC(C)F)nc(N2CCC(F)(F)CC2)n(C)c1=O. The van der Waals surface area contributed by atoms with Crippen LogP contribution in [0.2, 0.25) is 0 Å². The minimum Gasteiger partial charge on any atom is -0.342 e. The molecule has 1 aliphatic heterocycles. The van der Waals surface area contributed by atoms with Gasteiger partial charge in [0.25, 0.3) is 11.5 Å². The van der Waals surface area contributed by atoms with Crippen LogP contribution in [0.15, 0.2) is 4.79 Å². The zero-order valence-electron chi connectivity index (χ0n) is 13.2. The maximum absolute atomic E-state index is 13.3. The van der Waals surface area contributed by atoms with E-state index in [1.165, 1.54) is 11.5 Å². The molecular formula is C15H22F3N3O. The maximum Gasteiger partial charge on any atom is 0.258 e. The molecule has 1 atom stereocenters. The molecule has 0 bridgehead atoms. The topological polar surface area (TPSA) is 38.1 Å². The van der Waals surface area contributed by atoms with Gasteiger partial charge in [-0.2, -0.15) is 0 Å². The fraction of sp³-hybridized carbons (Fsp3) is 0.733. The summed E-state index contributed by atoms with van der Waals surface area (Å²) in [6, 6.07) is 0. The Hall–Kier alpha value is -1.53. The van der Waals surface area contributed by atoms with Gasteiger partial charge < -0.3 is 4.90 Å². The number of alkyl halides is 3. The van der Waals surface area contributed by atoms with E-state index in [2.05, 4.69) is 4.98 Å². The van der Waals surface area contributed by atoms with E-state index in [4.69, 9.17) is 0 Å². The van der Waals surface area contributed by atoms with Crippen molar-refractivity contribution >= 4 is 5.95 Å². The summed E-state index contributed by atoms with van der Waals surface area (Å²) in [5.41, 5.74) is 0.714. The number of hydrogen-bond donors (Lipinski definition) is 0. The highest BCUT2D eigenvalue weighted by Gasteiger charge is 2.35. The van der Waals surface area contributed by atoms with Crippen LogP contribution < -0.4 is 10.5 Å². The van der Waals surface area contributed by atoms with E-state index in [1.54, 1.807) is 11.9 Å². The summed E-state index contributed by atoms with van der Waals surface area (Å²) in [5.74, 6) is -2.30. The molecule has 2 rings (SSSR count). The Morgan fingerprint density at radius 2 is 1.91 bits per heavy atom. The van der Waals surface area contributed by atoms with Gasteiger partial charge in [0.15, 0.2) is 0 Å². The molecule has 1 aromatic rings. The molecule has 0 N–H and O–H groups in total. The van der Waals surface area contributed by atoms with Gasteiger partial charge in [0.1, 0.15) is 6.17 Å². The van der Waals surface area contributed by atoms with E-state index in [9.17, 15) is 18.0 Å². The quantitative estimate of drug-likeness (QED) is 0.856. The van der Waals surface area contributed by atoms with Crippen molar-refractivity contribution in [2.75, 3.05) is 18.0 Å². The third-order valence-electron chi connectivity index (χ3n) is 4.05. The Morgan fingerprint density at radius 3 is 2.41 bits per heavy atom. The molecule has 22 heavy (non-hydrogen) atoms. The van der Waals surface area contributed by atoms with Crippen LogP contribution in [-0.2, 0) is 19.9 Å². The van der Waals surface area contributed by atoms with E-state index in [0.717, 1.165) is 0 Å². The molecule has 0 amide bonds. The second-order valence-electron chi connectivity index (χ2n) is 5.88. The predicted octanol–water partition coefficient (Wildman–Crippen LogP) is 2.48. The molecule has 0 spiro atoms. The van der Waals surface area contributed by atoms with Crippen LogP contribution in [0.1, 0.15) is 37.9 Å². The maximum atomic E-state index is 13.3. The zero-order valence-corrected chi connectivity index (χ0v) is 13.2. The van der Waals surface area contributed by atoms with Crippen molar-refractivity contribution in [3.8, 4) is 0 Å². The second kappa shape index (κ2) is 6.30. The highest BCUT2D eigenvalue weighted by atomic mass is 19.3. The van der Waals surface area contributed by atoms with Crippen LogP contribution in [-0.4, -0.2) is 34.7 Å². The summed E-state index contributed by atoms with van der Waals surface area (Å²) in [6.07, 6.45) is -1.08. The molecule has 1 unspecified atom stereocenters. The highest BCUT2D eigenvalue weighted by Crippen LogP contribution is 2.29. The number of anilines is 1. The van der Waals surface area contributed by atoms with Gasteiger partial charge in [-0.25, -0.2) is 18.2 Å². The molecule has 0 aromatic carbocycles. The van der Waals surface area contributed by atoms with Gasteiger partial charge in [-0.05, 0) is 13.3 Å². The molecule has 2 heterocycles. The van der Waals surface area contributed by atoms with Crippen molar-refractivity contribution in [3.05, 3.63) is 21.6 Å². The van der Waals surface area contributed by atoms with Crippen molar-refractivity contribution in [3.63, 3.8) is 0 Å². The Morgan fingerprint density at radius 1 is 1.32 bits per heavy atom. The smallest absolute Gasteiger partial charge is 0.258 e. The molecule has 0 radical (unpaired) electrons. The first-order valence-corrected chi connectivity index (χ1v) is 7.60. The molecule has 1 fully saturated rings. The van der Waals surface area contributed by atoms with Crippen molar-refractivity contribution in [2.45, 2.75) is 51.6 Å². The van der Waals surface area contributed by atoms with Gasteiger partial charge in [0.05, 0.1) is 5.69 Å². The standard InChI is InChI=1S/C15H22F3N3O/c1-4-11-12(9-10(2)16)19-14(20(3)13(11)22)21-7-5-15(17,18)6-8-21/h10H,4-9H2,1-3H3. The van der Waals surface area contributed by atoms with Crippen LogP contribution in [0.5, 0.6) is 0 Å². The van der Waals surface area contributed by atoms with Crippen LogP contribution >= 0.6 is 0 Å². The van der Waals surface area contributed by atoms with E-state index in [0.29, 0.717) is 23.6 Å². The normalized spacial score (nSPS) is 19.3. The Bertz CT molecular complexity index is 588. The molecule has 0 saturated carbocycles. The molecule has 1 saturated heterocycles. The molecule has 1 aromatic heterocycles. The van der Waals surface area contributed by atoms with E-state index in [-0.39, 0.29) is 37.9 Å². The third-order valence-corrected chi connectivity index (χ3v) is 4.05. The fourth-order valence-electron chi connectivity index (χ4n) is 2.79. The molecule has 7 heteroatoms. The number of piperidine rings is 1. The first-order chi connectivity index (χ1) is 10.2. The summed E-state index contributed by atoms with van der Waals surface area (Å²) >= 11 is 0. The van der Waals surface area contributed by atoms with Gasteiger partial charge in [-0.15, -0.1) is 0 Å². The average molecular weight is 317 g/mol. The van der Waals surface area contributed by atoms with Crippen molar-refractivity contribution in [1.29, 1.82) is 0 Å².